The Labute approximate surface area is 212 Å². The highest BCUT2D eigenvalue weighted by Gasteiger charge is 2.28. The normalized spacial score (nSPS) is 11.5. The first kappa shape index (κ1) is 26.9. The lowest BCUT2D eigenvalue weighted by Gasteiger charge is -2.21. The fourth-order valence-electron chi connectivity index (χ4n) is 4.08. The first-order valence-corrected chi connectivity index (χ1v) is 11.9. The molecule has 0 bridgehead atoms. The van der Waals surface area contributed by atoms with Crippen molar-refractivity contribution < 1.29 is 33.3 Å². The van der Waals surface area contributed by atoms with Crippen LogP contribution in [0.3, 0.4) is 0 Å². The molecule has 0 atom stereocenters. The molecule has 0 spiro atoms. The molecular formula is C28H35NO7. The zero-order chi connectivity index (χ0) is 26.6. The predicted octanol–water partition coefficient (Wildman–Crippen LogP) is 6.17. The minimum Gasteiger partial charge on any atom is -0.493 e. The Bertz CT molecular complexity index is 1250. The van der Waals surface area contributed by atoms with Gasteiger partial charge in [0.2, 0.25) is 0 Å². The minimum absolute atomic E-state index is 0.0413. The van der Waals surface area contributed by atoms with Gasteiger partial charge in [-0.3, -0.25) is 0 Å². The van der Waals surface area contributed by atoms with Crippen LogP contribution in [0.5, 0.6) is 17.2 Å². The van der Waals surface area contributed by atoms with E-state index in [0.29, 0.717) is 28.5 Å². The van der Waals surface area contributed by atoms with Crippen molar-refractivity contribution in [1.82, 2.24) is 4.57 Å². The van der Waals surface area contributed by atoms with E-state index in [1.165, 1.54) is 0 Å². The fraction of sp³-hybridized carbons (Fsp3) is 0.429. The Morgan fingerprint density at radius 2 is 1.67 bits per heavy atom. The van der Waals surface area contributed by atoms with Gasteiger partial charge >= 0.3 is 12.1 Å². The molecule has 0 fully saturated rings. The molecule has 0 unspecified atom stereocenters. The standard InChI is InChI=1S/C28H35NO7/c1-9-34-24(30)16-35-19-11-12-21-20(15-19)25(17(2)3)26(29(21)27(31)36-28(4,5)6)18-10-13-22(32-7)23(14-18)33-8/h10-15,17H,9,16H2,1-8H3. The summed E-state index contributed by atoms with van der Waals surface area (Å²) in [5, 5.41) is 0.821. The van der Waals surface area contributed by atoms with E-state index in [2.05, 4.69) is 13.8 Å². The van der Waals surface area contributed by atoms with Crippen LogP contribution >= 0.6 is 0 Å². The molecule has 0 aliphatic heterocycles. The summed E-state index contributed by atoms with van der Waals surface area (Å²) < 4.78 is 29.0. The van der Waals surface area contributed by atoms with Crippen LogP contribution in [0.2, 0.25) is 0 Å². The summed E-state index contributed by atoms with van der Waals surface area (Å²) >= 11 is 0. The monoisotopic (exact) mass is 497 g/mol. The fourth-order valence-corrected chi connectivity index (χ4v) is 4.08. The summed E-state index contributed by atoms with van der Waals surface area (Å²) in [4.78, 5) is 25.3. The smallest absolute Gasteiger partial charge is 0.419 e. The van der Waals surface area contributed by atoms with Crippen molar-refractivity contribution in [3.05, 3.63) is 42.0 Å². The lowest BCUT2D eigenvalue weighted by molar-refractivity contribution is -0.145. The summed E-state index contributed by atoms with van der Waals surface area (Å²) in [6.45, 7) is 11.4. The highest BCUT2D eigenvalue weighted by atomic mass is 16.6. The molecule has 1 heterocycles. The number of ether oxygens (including phenoxy) is 5. The molecule has 3 rings (SSSR count). The summed E-state index contributed by atoms with van der Waals surface area (Å²) in [5.41, 5.74) is 2.37. The van der Waals surface area contributed by atoms with Gasteiger partial charge in [-0.15, -0.1) is 0 Å². The lowest BCUT2D eigenvalue weighted by atomic mass is 9.95. The van der Waals surface area contributed by atoms with Crippen molar-refractivity contribution in [2.75, 3.05) is 27.4 Å². The molecule has 194 valence electrons. The van der Waals surface area contributed by atoms with E-state index in [9.17, 15) is 9.59 Å². The second-order valence-electron chi connectivity index (χ2n) is 9.58. The molecule has 3 aromatic rings. The van der Waals surface area contributed by atoms with Crippen LogP contribution in [-0.4, -0.2) is 49.7 Å². The van der Waals surface area contributed by atoms with Crippen molar-refractivity contribution in [2.45, 2.75) is 53.1 Å². The number of carbonyl (C=O) groups is 2. The molecule has 0 aliphatic rings. The van der Waals surface area contributed by atoms with Gasteiger partial charge in [0.05, 0.1) is 32.0 Å². The van der Waals surface area contributed by atoms with Gasteiger partial charge in [-0.2, -0.15) is 0 Å². The van der Waals surface area contributed by atoms with Gasteiger partial charge in [-0.25, -0.2) is 14.2 Å². The van der Waals surface area contributed by atoms with Crippen molar-refractivity contribution >= 4 is 23.0 Å². The number of hydrogen-bond acceptors (Lipinski definition) is 7. The number of nitrogens with zero attached hydrogens (tertiary/aromatic N) is 1. The highest BCUT2D eigenvalue weighted by Crippen LogP contribution is 2.42. The van der Waals surface area contributed by atoms with Crippen LogP contribution in [0.1, 0.15) is 53.0 Å². The molecule has 8 nitrogen and oxygen atoms in total. The first-order valence-electron chi connectivity index (χ1n) is 11.9. The van der Waals surface area contributed by atoms with Gasteiger partial charge in [0.1, 0.15) is 11.4 Å². The van der Waals surface area contributed by atoms with Crippen LogP contribution in [0.4, 0.5) is 4.79 Å². The number of hydrogen-bond donors (Lipinski definition) is 0. The quantitative estimate of drug-likeness (QED) is 0.344. The number of methoxy groups -OCH3 is 2. The summed E-state index contributed by atoms with van der Waals surface area (Å²) in [6.07, 6.45) is -0.496. The first-order chi connectivity index (χ1) is 17.0. The molecule has 0 saturated carbocycles. The third-order valence-corrected chi connectivity index (χ3v) is 5.45. The maximum Gasteiger partial charge on any atom is 0.419 e. The Morgan fingerprint density at radius 1 is 0.972 bits per heavy atom. The summed E-state index contributed by atoms with van der Waals surface area (Å²) in [6, 6.07) is 10.9. The average molecular weight is 498 g/mol. The topological polar surface area (TPSA) is 85.2 Å². The van der Waals surface area contributed by atoms with E-state index in [-0.39, 0.29) is 19.1 Å². The molecule has 36 heavy (non-hydrogen) atoms. The minimum atomic E-state index is -0.691. The zero-order valence-corrected chi connectivity index (χ0v) is 22.3. The average Bonchev–Trinajstić information content (AvgIpc) is 3.16. The molecule has 0 N–H and O–H groups in total. The number of aromatic nitrogens is 1. The van der Waals surface area contributed by atoms with Crippen LogP contribution in [0.15, 0.2) is 36.4 Å². The molecular weight excluding hydrogens is 462 g/mol. The molecule has 0 amide bonds. The van der Waals surface area contributed by atoms with E-state index in [4.69, 9.17) is 23.7 Å². The Morgan fingerprint density at radius 3 is 2.25 bits per heavy atom. The lowest BCUT2D eigenvalue weighted by Crippen LogP contribution is -2.27. The van der Waals surface area contributed by atoms with Crippen molar-refractivity contribution in [3.63, 3.8) is 0 Å². The van der Waals surface area contributed by atoms with Crippen molar-refractivity contribution in [2.24, 2.45) is 0 Å². The Balaban J connectivity index is 2.27. The second kappa shape index (κ2) is 10.9. The van der Waals surface area contributed by atoms with Gasteiger partial charge < -0.3 is 23.7 Å². The predicted molar refractivity (Wildman–Crippen MR) is 138 cm³/mol. The number of benzene rings is 2. The van der Waals surface area contributed by atoms with E-state index in [0.717, 1.165) is 16.5 Å². The van der Waals surface area contributed by atoms with Gasteiger partial charge in [0.15, 0.2) is 18.1 Å². The maximum atomic E-state index is 13.5. The van der Waals surface area contributed by atoms with Crippen molar-refractivity contribution in [3.8, 4) is 28.5 Å². The molecule has 0 radical (unpaired) electrons. The van der Waals surface area contributed by atoms with Crippen LogP contribution < -0.4 is 14.2 Å². The van der Waals surface area contributed by atoms with Gasteiger partial charge in [-0.05, 0) is 75.6 Å². The van der Waals surface area contributed by atoms with E-state index < -0.39 is 17.7 Å². The Hall–Kier alpha value is -3.68. The van der Waals surface area contributed by atoms with Gasteiger partial charge in [-0.1, -0.05) is 13.8 Å². The second-order valence-corrected chi connectivity index (χ2v) is 9.58. The van der Waals surface area contributed by atoms with Gasteiger partial charge in [0.25, 0.3) is 0 Å². The zero-order valence-electron chi connectivity index (χ0n) is 22.3. The highest BCUT2D eigenvalue weighted by molar-refractivity contribution is 6.00. The largest absolute Gasteiger partial charge is 0.493 e. The number of esters is 1. The number of fused-ring (bicyclic) bond motifs is 1. The number of carbonyl (C=O) groups excluding carboxylic acids is 2. The van der Waals surface area contributed by atoms with Crippen molar-refractivity contribution in [1.29, 1.82) is 0 Å². The van der Waals surface area contributed by atoms with E-state index in [1.807, 2.05) is 45.0 Å². The third-order valence-electron chi connectivity index (χ3n) is 5.45. The van der Waals surface area contributed by atoms with Gasteiger partial charge in [0, 0.05) is 10.9 Å². The third kappa shape index (κ3) is 5.75. The van der Waals surface area contributed by atoms with Crippen LogP contribution in [0, 0.1) is 0 Å². The molecule has 0 saturated heterocycles. The van der Waals surface area contributed by atoms with E-state index in [1.54, 1.807) is 37.8 Å². The molecule has 0 aliphatic carbocycles. The van der Waals surface area contributed by atoms with E-state index >= 15 is 0 Å². The Kier molecular flexibility index (Phi) is 8.17. The molecule has 2 aromatic carbocycles. The summed E-state index contributed by atoms with van der Waals surface area (Å²) in [5.74, 6) is 1.22. The summed E-state index contributed by atoms with van der Waals surface area (Å²) in [7, 11) is 3.15. The van der Waals surface area contributed by atoms with Crippen LogP contribution in [0.25, 0.3) is 22.2 Å². The molecule has 8 heteroatoms. The molecule has 1 aromatic heterocycles. The SMILES string of the molecule is CCOC(=O)COc1ccc2c(c1)c(C(C)C)c(-c1ccc(OC)c(OC)c1)n2C(=O)OC(C)(C)C. The van der Waals surface area contributed by atoms with Crippen LogP contribution in [-0.2, 0) is 14.3 Å². The maximum absolute atomic E-state index is 13.5. The number of rotatable bonds is 8.